The Bertz CT molecular complexity index is 1060. The van der Waals surface area contributed by atoms with Crippen molar-refractivity contribution in [3.8, 4) is 17.5 Å². The summed E-state index contributed by atoms with van der Waals surface area (Å²) in [5.41, 5.74) is 1.44. The number of hydrogen-bond donors (Lipinski definition) is 2. The first kappa shape index (κ1) is 19.7. The van der Waals surface area contributed by atoms with Gasteiger partial charge in [-0.05, 0) is 43.7 Å². The highest BCUT2D eigenvalue weighted by atomic mass is 35.5. The Balaban J connectivity index is 1.93. The van der Waals surface area contributed by atoms with Crippen LogP contribution in [0.5, 0.6) is 0 Å². The van der Waals surface area contributed by atoms with Gasteiger partial charge in [0.1, 0.15) is 23.7 Å². The van der Waals surface area contributed by atoms with Crippen LogP contribution < -0.4 is 5.32 Å². The fourth-order valence-corrected chi connectivity index (χ4v) is 2.82. The van der Waals surface area contributed by atoms with E-state index in [0.29, 0.717) is 22.9 Å². The number of benzene rings is 2. The van der Waals surface area contributed by atoms with E-state index in [9.17, 15) is 13.9 Å². The molecular formula is C19H15ClF2N4O2. The van der Waals surface area contributed by atoms with Crippen LogP contribution in [-0.2, 0) is 0 Å². The molecule has 0 bridgehead atoms. The largest absolute Gasteiger partial charge is 0.418 e. The van der Waals surface area contributed by atoms with Crippen LogP contribution in [0.4, 0.5) is 14.5 Å². The third-order valence-electron chi connectivity index (χ3n) is 4.17. The second-order valence-corrected chi connectivity index (χ2v) is 6.52. The number of rotatable bonds is 5. The number of aliphatic hydroxyl groups excluding tert-OH is 1. The topological polar surface area (TPSA) is 95.0 Å². The summed E-state index contributed by atoms with van der Waals surface area (Å²) in [5.74, 6) is -1.70. The molecule has 0 saturated carbocycles. The van der Waals surface area contributed by atoms with Crippen molar-refractivity contribution in [1.29, 1.82) is 5.26 Å². The van der Waals surface area contributed by atoms with E-state index in [1.807, 2.05) is 6.07 Å². The molecule has 0 spiro atoms. The van der Waals surface area contributed by atoms with Gasteiger partial charge < -0.3 is 14.8 Å². The van der Waals surface area contributed by atoms with Crippen molar-refractivity contribution in [3.63, 3.8) is 0 Å². The number of aliphatic hydroxyl groups is 1. The first-order chi connectivity index (χ1) is 13.3. The summed E-state index contributed by atoms with van der Waals surface area (Å²) in [6.45, 7) is 3.23. The van der Waals surface area contributed by atoms with Gasteiger partial charge >= 0.3 is 0 Å². The minimum Gasteiger partial charge on any atom is -0.418 e. The Morgan fingerprint density at radius 2 is 2.00 bits per heavy atom. The summed E-state index contributed by atoms with van der Waals surface area (Å²) in [4.78, 5) is 0. The van der Waals surface area contributed by atoms with Gasteiger partial charge in [0.05, 0.1) is 22.3 Å². The van der Waals surface area contributed by atoms with Crippen molar-refractivity contribution in [2.24, 2.45) is 0 Å². The number of anilines is 1. The fraction of sp³-hybridized carbons (Fsp3) is 0.211. The van der Waals surface area contributed by atoms with Gasteiger partial charge in [-0.2, -0.15) is 5.26 Å². The van der Waals surface area contributed by atoms with Gasteiger partial charge in [0, 0.05) is 11.8 Å². The van der Waals surface area contributed by atoms with E-state index >= 15 is 0 Å². The van der Waals surface area contributed by atoms with Gasteiger partial charge in [0.2, 0.25) is 5.89 Å². The van der Waals surface area contributed by atoms with E-state index < -0.39 is 23.8 Å². The molecule has 0 aliphatic heterocycles. The molecular weight excluding hydrogens is 390 g/mol. The van der Waals surface area contributed by atoms with Gasteiger partial charge in [-0.25, -0.2) is 8.78 Å². The van der Waals surface area contributed by atoms with E-state index in [1.165, 1.54) is 13.0 Å². The molecule has 2 N–H and O–H groups in total. The molecule has 2 atom stereocenters. The summed E-state index contributed by atoms with van der Waals surface area (Å²) >= 11 is 6.17. The lowest BCUT2D eigenvalue weighted by molar-refractivity contribution is 0.159. The number of nitriles is 1. The fourth-order valence-electron chi connectivity index (χ4n) is 2.62. The summed E-state index contributed by atoms with van der Waals surface area (Å²) in [5, 5.41) is 30.2. The predicted octanol–water partition coefficient (Wildman–Crippen LogP) is 4.38. The number of halogens is 3. The molecule has 3 rings (SSSR count). The Morgan fingerprint density at radius 3 is 2.64 bits per heavy atom. The average molecular weight is 405 g/mol. The molecule has 0 fully saturated rings. The Hall–Kier alpha value is -3.02. The molecule has 2 aromatic carbocycles. The zero-order valence-electron chi connectivity index (χ0n) is 14.9. The molecule has 0 aliphatic rings. The van der Waals surface area contributed by atoms with E-state index in [-0.39, 0.29) is 22.4 Å². The molecule has 3 aromatic rings. The molecule has 0 radical (unpaired) electrons. The maximum absolute atomic E-state index is 13.9. The Kier molecular flexibility index (Phi) is 5.58. The summed E-state index contributed by atoms with van der Waals surface area (Å²) < 4.78 is 32.5. The van der Waals surface area contributed by atoms with Gasteiger partial charge in [-0.15, -0.1) is 10.2 Å². The normalized spacial score (nSPS) is 13.0. The highest BCUT2D eigenvalue weighted by molar-refractivity contribution is 6.32. The van der Waals surface area contributed by atoms with Crippen LogP contribution in [0.25, 0.3) is 11.5 Å². The van der Waals surface area contributed by atoms with Crippen molar-refractivity contribution in [1.82, 2.24) is 10.2 Å². The third-order valence-corrected chi connectivity index (χ3v) is 4.66. The smallest absolute Gasteiger partial charge is 0.250 e. The van der Waals surface area contributed by atoms with Crippen LogP contribution in [0.3, 0.4) is 0 Å². The minimum absolute atomic E-state index is 0.00797. The second kappa shape index (κ2) is 7.92. The molecule has 28 heavy (non-hydrogen) atoms. The predicted molar refractivity (Wildman–Crippen MR) is 98.6 cm³/mol. The maximum atomic E-state index is 13.9. The van der Waals surface area contributed by atoms with E-state index in [2.05, 4.69) is 15.5 Å². The molecule has 0 aliphatic carbocycles. The first-order valence-electron chi connectivity index (χ1n) is 8.24. The van der Waals surface area contributed by atoms with Crippen LogP contribution in [-0.4, -0.2) is 21.4 Å². The van der Waals surface area contributed by atoms with Crippen LogP contribution in [0.2, 0.25) is 5.02 Å². The first-order valence-corrected chi connectivity index (χ1v) is 8.62. The maximum Gasteiger partial charge on any atom is 0.250 e. The van der Waals surface area contributed by atoms with Crippen molar-refractivity contribution < 1.29 is 18.3 Å². The monoisotopic (exact) mass is 404 g/mol. The number of aromatic nitrogens is 2. The lowest BCUT2D eigenvalue weighted by Crippen LogP contribution is -2.23. The molecule has 0 amide bonds. The molecule has 9 heteroatoms. The number of nitrogens with one attached hydrogen (secondary N) is 1. The molecule has 1 aromatic heterocycles. The van der Waals surface area contributed by atoms with Gasteiger partial charge in [-0.1, -0.05) is 11.6 Å². The summed E-state index contributed by atoms with van der Waals surface area (Å²) in [6, 6.07) is 7.34. The molecule has 144 valence electrons. The second-order valence-electron chi connectivity index (χ2n) is 6.14. The van der Waals surface area contributed by atoms with E-state index in [1.54, 1.807) is 19.1 Å². The SMILES string of the molecule is Cc1c(NC(c2nnc(-c3ccc(F)cc3F)o2)C(C)O)ccc(C#N)c1Cl. The molecule has 2 unspecified atom stereocenters. The minimum atomic E-state index is -0.958. The van der Waals surface area contributed by atoms with E-state index in [0.717, 1.165) is 6.07 Å². The van der Waals surface area contributed by atoms with E-state index in [4.69, 9.17) is 21.3 Å². The standard InChI is InChI=1S/C19H15ClF2N4O2/c1-9-15(6-3-11(8-23)16(9)20)24-17(10(2)27)19-26-25-18(28-19)13-5-4-12(21)7-14(13)22/h3-7,10,17,24,27H,1-2H3. The lowest BCUT2D eigenvalue weighted by atomic mass is 10.1. The molecule has 0 saturated heterocycles. The quantitative estimate of drug-likeness (QED) is 0.655. The van der Waals surface area contributed by atoms with Crippen molar-refractivity contribution in [3.05, 3.63) is 64.0 Å². The molecule has 6 nitrogen and oxygen atoms in total. The lowest BCUT2D eigenvalue weighted by Gasteiger charge is -2.21. The zero-order valence-corrected chi connectivity index (χ0v) is 15.6. The van der Waals surface area contributed by atoms with Crippen LogP contribution in [0, 0.1) is 29.9 Å². The van der Waals surface area contributed by atoms with Crippen LogP contribution in [0.1, 0.15) is 30.0 Å². The van der Waals surface area contributed by atoms with Crippen molar-refractivity contribution in [2.45, 2.75) is 26.0 Å². The number of hydrogen-bond acceptors (Lipinski definition) is 6. The van der Waals surface area contributed by atoms with Gasteiger partial charge in [-0.3, -0.25) is 0 Å². The molecule has 1 heterocycles. The average Bonchev–Trinajstić information content (AvgIpc) is 3.12. The summed E-state index contributed by atoms with van der Waals surface area (Å²) in [6.07, 6.45) is -0.958. The Labute approximate surface area is 164 Å². The third kappa shape index (κ3) is 3.81. The van der Waals surface area contributed by atoms with Crippen LogP contribution >= 0.6 is 11.6 Å². The highest BCUT2D eigenvalue weighted by Crippen LogP contribution is 2.32. The van der Waals surface area contributed by atoms with Gasteiger partial charge in [0.25, 0.3) is 5.89 Å². The van der Waals surface area contributed by atoms with Gasteiger partial charge in [0.15, 0.2) is 0 Å². The highest BCUT2D eigenvalue weighted by Gasteiger charge is 2.26. The number of nitrogens with zero attached hydrogens (tertiary/aromatic N) is 3. The Morgan fingerprint density at radius 1 is 1.25 bits per heavy atom. The van der Waals surface area contributed by atoms with Crippen molar-refractivity contribution in [2.75, 3.05) is 5.32 Å². The zero-order chi connectivity index (χ0) is 20.4. The summed E-state index contributed by atoms with van der Waals surface area (Å²) in [7, 11) is 0. The van der Waals surface area contributed by atoms with Crippen LogP contribution in [0.15, 0.2) is 34.7 Å². The van der Waals surface area contributed by atoms with Crippen molar-refractivity contribution >= 4 is 17.3 Å².